The van der Waals surface area contributed by atoms with Gasteiger partial charge in [-0.25, -0.2) is 0 Å². The van der Waals surface area contributed by atoms with E-state index in [4.69, 9.17) is 9.47 Å². The Balaban J connectivity index is 0.00000208. The van der Waals surface area contributed by atoms with E-state index in [0.29, 0.717) is 13.1 Å². The quantitative estimate of drug-likeness (QED) is 0.764. The number of carbonyl (C=O) groups is 1. The van der Waals surface area contributed by atoms with Crippen LogP contribution in [0.25, 0.3) is 0 Å². The Morgan fingerprint density at radius 1 is 1.17 bits per heavy atom. The van der Waals surface area contributed by atoms with E-state index < -0.39 is 0 Å². The van der Waals surface area contributed by atoms with Gasteiger partial charge in [-0.1, -0.05) is 26.0 Å². The second kappa shape index (κ2) is 8.02. The average Bonchev–Trinajstić information content (AvgIpc) is 3.02. The summed E-state index contributed by atoms with van der Waals surface area (Å²) in [4.78, 5) is 18.7. The van der Waals surface area contributed by atoms with E-state index in [1.165, 1.54) is 0 Å². The van der Waals surface area contributed by atoms with Crippen LogP contribution in [0.1, 0.15) is 25.1 Å². The first kappa shape index (κ1) is 18.1. The van der Waals surface area contributed by atoms with Crippen LogP contribution < -0.4 is 21.9 Å². The fourth-order valence-corrected chi connectivity index (χ4v) is 2.52. The molecule has 0 bridgehead atoms. The lowest BCUT2D eigenvalue weighted by Crippen LogP contribution is -3.00. The van der Waals surface area contributed by atoms with E-state index >= 15 is 0 Å². The molecule has 2 heterocycles. The summed E-state index contributed by atoms with van der Waals surface area (Å²) in [5.74, 6) is 1.53. The average molecular weight is 348 g/mol. The third-order valence-electron chi connectivity index (χ3n) is 3.69. The van der Waals surface area contributed by atoms with Crippen LogP contribution in [-0.2, 0) is 17.9 Å². The molecule has 0 aliphatic carbocycles. The lowest BCUT2D eigenvalue weighted by molar-refractivity contribution is -0.135. The number of aromatic nitrogens is 1. The zero-order valence-corrected chi connectivity index (χ0v) is 14.5. The SMILES string of the molecule is CC(C)C(=O)N(Cc1ccc2c(c1)OCO2)Cc1ccccn1.[Cl-]. The van der Waals surface area contributed by atoms with Crippen molar-refractivity contribution in [3.8, 4) is 11.5 Å². The van der Waals surface area contributed by atoms with Crippen LogP contribution >= 0.6 is 0 Å². The highest BCUT2D eigenvalue weighted by molar-refractivity contribution is 5.78. The smallest absolute Gasteiger partial charge is 0.231 e. The van der Waals surface area contributed by atoms with E-state index in [1.54, 1.807) is 6.20 Å². The Morgan fingerprint density at radius 2 is 1.96 bits per heavy atom. The third-order valence-corrected chi connectivity index (χ3v) is 3.69. The first-order chi connectivity index (χ1) is 11.1. The van der Waals surface area contributed by atoms with Gasteiger partial charge >= 0.3 is 0 Å². The highest BCUT2D eigenvalue weighted by Gasteiger charge is 2.20. The molecule has 3 rings (SSSR count). The highest BCUT2D eigenvalue weighted by Crippen LogP contribution is 2.33. The van der Waals surface area contributed by atoms with Gasteiger partial charge in [0, 0.05) is 18.7 Å². The number of amides is 1. The molecular weight excluding hydrogens is 328 g/mol. The first-order valence-corrected chi connectivity index (χ1v) is 7.70. The number of fused-ring (bicyclic) bond motifs is 1. The summed E-state index contributed by atoms with van der Waals surface area (Å²) < 4.78 is 10.7. The van der Waals surface area contributed by atoms with Crippen molar-refractivity contribution in [2.24, 2.45) is 5.92 Å². The van der Waals surface area contributed by atoms with Crippen LogP contribution in [-0.4, -0.2) is 22.6 Å². The van der Waals surface area contributed by atoms with Crippen LogP contribution in [0.5, 0.6) is 11.5 Å². The minimum Gasteiger partial charge on any atom is -1.00 e. The molecule has 128 valence electrons. The molecule has 1 aliphatic heterocycles. The summed E-state index contributed by atoms with van der Waals surface area (Å²) >= 11 is 0. The molecule has 24 heavy (non-hydrogen) atoms. The number of nitrogens with zero attached hydrogens (tertiary/aromatic N) is 2. The lowest BCUT2D eigenvalue weighted by atomic mass is 10.1. The Labute approximate surface area is 148 Å². The molecular formula is C18H20ClN2O3-. The summed E-state index contributed by atoms with van der Waals surface area (Å²) in [6.07, 6.45) is 1.74. The molecule has 0 fully saturated rings. The van der Waals surface area contributed by atoms with Gasteiger partial charge in [0.25, 0.3) is 0 Å². The number of rotatable bonds is 5. The van der Waals surface area contributed by atoms with Crippen LogP contribution in [0.15, 0.2) is 42.6 Å². The van der Waals surface area contributed by atoms with Gasteiger partial charge in [-0.3, -0.25) is 9.78 Å². The van der Waals surface area contributed by atoms with Crippen molar-refractivity contribution in [2.45, 2.75) is 26.9 Å². The van der Waals surface area contributed by atoms with Crippen molar-refractivity contribution in [1.29, 1.82) is 0 Å². The molecule has 5 nitrogen and oxygen atoms in total. The largest absolute Gasteiger partial charge is 1.00 e. The summed E-state index contributed by atoms with van der Waals surface area (Å²) in [6, 6.07) is 11.5. The molecule has 0 N–H and O–H groups in total. The zero-order chi connectivity index (χ0) is 16.2. The molecule has 1 amide bonds. The fourth-order valence-electron chi connectivity index (χ4n) is 2.52. The monoisotopic (exact) mass is 347 g/mol. The molecule has 1 aromatic heterocycles. The number of carbonyl (C=O) groups excluding carboxylic acids is 1. The van der Waals surface area contributed by atoms with Crippen molar-refractivity contribution in [2.75, 3.05) is 6.79 Å². The van der Waals surface area contributed by atoms with E-state index in [1.807, 2.05) is 55.1 Å². The third kappa shape index (κ3) is 4.17. The number of halogens is 1. The van der Waals surface area contributed by atoms with Gasteiger partial charge in [-0.05, 0) is 29.8 Å². The van der Waals surface area contributed by atoms with Crippen LogP contribution in [0, 0.1) is 5.92 Å². The Bertz CT molecular complexity index is 692. The highest BCUT2D eigenvalue weighted by atomic mass is 35.5. The maximum Gasteiger partial charge on any atom is 0.231 e. The maximum atomic E-state index is 12.5. The van der Waals surface area contributed by atoms with Crippen LogP contribution in [0.4, 0.5) is 0 Å². The van der Waals surface area contributed by atoms with Crippen molar-refractivity contribution in [1.82, 2.24) is 9.88 Å². The second-order valence-electron chi connectivity index (χ2n) is 5.86. The minimum absolute atomic E-state index is 0. The molecule has 1 aliphatic rings. The standard InChI is InChI=1S/C18H20N2O3.ClH/c1-13(2)18(21)20(11-15-5-3-4-8-19-15)10-14-6-7-16-17(9-14)23-12-22-16;/h3-9,13H,10-12H2,1-2H3;1H/p-1. The predicted octanol–water partition coefficient (Wildman–Crippen LogP) is -0.000900. The number of benzene rings is 1. The molecule has 0 saturated carbocycles. The minimum atomic E-state index is -0.0623. The van der Waals surface area contributed by atoms with Crippen LogP contribution in [0.2, 0.25) is 0 Å². The van der Waals surface area contributed by atoms with E-state index in [2.05, 4.69) is 4.98 Å². The molecule has 1 aromatic carbocycles. The van der Waals surface area contributed by atoms with Gasteiger partial charge in [-0.15, -0.1) is 0 Å². The molecule has 0 unspecified atom stereocenters. The first-order valence-electron chi connectivity index (χ1n) is 7.70. The zero-order valence-electron chi connectivity index (χ0n) is 13.7. The topological polar surface area (TPSA) is 51.7 Å². The van der Waals surface area contributed by atoms with Gasteiger partial charge in [0.1, 0.15) is 0 Å². The Morgan fingerprint density at radius 3 is 2.67 bits per heavy atom. The fraction of sp³-hybridized carbons (Fsp3) is 0.333. The summed E-state index contributed by atoms with van der Waals surface area (Å²) in [6.45, 7) is 5.08. The Kier molecular flexibility index (Phi) is 6.04. The molecule has 0 atom stereocenters. The normalized spacial score (nSPS) is 12.0. The van der Waals surface area contributed by atoms with Gasteiger partial charge in [0.05, 0.1) is 12.2 Å². The van der Waals surface area contributed by atoms with E-state index in [0.717, 1.165) is 22.8 Å². The molecule has 0 radical (unpaired) electrons. The molecule has 6 heteroatoms. The van der Waals surface area contributed by atoms with E-state index in [-0.39, 0.29) is 31.0 Å². The maximum absolute atomic E-state index is 12.5. The van der Waals surface area contributed by atoms with Crippen molar-refractivity contribution < 1.29 is 26.7 Å². The second-order valence-corrected chi connectivity index (χ2v) is 5.86. The number of hydrogen-bond acceptors (Lipinski definition) is 4. The van der Waals surface area contributed by atoms with Crippen molar-refractivity contribution >= 4 is 5.91 Å². The number of hydrogen-bond donors (Lipinski definition) is 0. The Hall–Kier alpha value is -2.27. The number of pyridine rings is 1. The van der Waals surface area contributed by atoms with Gasteiger partial charge in [-0.2, -0.15) is 0 Å². The summed E-state index contributed by atoms with van der Waals surface area (Å²) in [5, 5.41) is 0. The molecule has 2 aromatic rings. The van der Waals surface area contributed by atoms with Crippen molar-refractivity contribution in [3.63, 3.8) is 0 Å². The van der Waals surface area contributed by atoms with Gasteiger partial charge in [0.15, 0.2) is 11.5 Å². The lowest BCUT2D eigenvalue weighted by Gasteiger charge is -2.24. The van der Waals surface area contributed by atoms with Crippen molar-refractivity contribution in [3.05, 3.63) is 53.9 Å². The van der Waals surface area contributed by atoms with Crippen LogP contribution in [0.3, 0.4) is 0 Å². The van der Waals surface area contributed by atoms with Gasteiger partial charge in [0.2, 0.25) is 12.7 Å². The summed E-state index contributed by atoms with van der Waals surface area (Å²) in [5.41, 5.74) is 1.89. The van der Waals surface area contributed by atoms with E-state index in [9.17, 15) is 4.79 Å². The predicted molar refractivity (Wildman–Crippen MR) is 85.9 cm³/mol. The summed E-state index contributed by atoms with van der Waals surface area (Å²) in [7, 11) is 0. The molecule has 0 spiro atoms. The molecule has 0 saturated heterocycles. The van der Waals surface area contributed by atoms with Gasteiger partial charge < -0.3 is 26.8 Å². The number of ether oxygens (including phenoxy) is 2.